The summed E-state index contributed by atoms with van der Waals surface area (Å²) in [7, 11) is 1.41. The first-order chi connectivity index (χ1) is 7.22. The minimum atomic E-state index is -0.206. The van der Waals surface area contributed by atoms with Gasteiger partial charge in [0.2, 0.25) is 0 Å². The van der Waals surface area contributed by atoms with Gasteiger partial charge in [0.05, 0.1) is 13.5 Å². The average Bonchev–Trinajstić information content (AvgIpc) is 2.57. The average molecular weight is 285 g/mol. The number of carbonyl (C=O) groups is 1. The molecule has 0 aliphatic carbocycles. The third-order valence-corrected chi connectivity index (χ3v) is 4.47. The van der Waals surface area contributed by atoms with Crippen LogP contribution < -0.4 is 0 Å². The van der Waals surface area contributed by atoms with E-state index in [4.69, 9.17) is 0 Å². The summed E-state index contributed by atoms with van der Waals surface area (Å²) in [6, 6.07) is 8.07. The van der Waals surface area contributed by atoms with Crippen molar-refractivity contribution < 1.29 is 9.53 Å². The molecule has 1 heterocycles. The minimum Gasteiger partial charge on any atom is -0.469 e. The summed E-state index contributed by atoms with van der Waals surface area (Å²) < 4.78 is 6.84. The van der Waals surface area contributed by atoms with Gasteiger partial charge >= 0.3 is 5.97 Å². The highest BCUT2D eigenvalue weighted by molar-refractivity contribution is 9.10. The highest BCUT2D eigenvalue weighted by atomic mass is 79.9. The van der Waals surface area contributed by atoms with E-state index >= 15 is 0 Å². The summed E-state index contributed by atoms with van der Waals surface area (Å²) in [6.45, 7) is 0. The second-order valence-electron chi connectivity index (χ2n) is 3.09. The molecule has 0 spiro atoms. The Labute approximate surface area is 100.0 Å². The van der Waals surface area contributed by atoms with Crippen LogP contribution in [0.3, 0.4) is 0 Å². The molecule has 0 amide bonds. The molecule has 0 saturated carbocycles. The topological polar surface area (TPSA) is 26.3 Å². The highest BCUT2D eigenvalue weighted by Gasteiger charge is 2.12. The van der Waals surface area contributed by atoms with Crippen LogP contribution >= 0.6 is 27.3 Å². The lowest BCUT2D eigenvalue weighted by Crippen LogP contribution is -2.03. The van der Waals surface area contributed by atoms with Crippen LogP contribution in [0.4, 0.5) is 0 Å². The van der Waals surface area contributed by atoms with Crippen molar-refractivity contribution in [2.24, 2.45) is 0 Å². The number of halogens is 1. The van der Waals surface area contributed by atoms with Crippen LogP contribution in [0.2, 0.25) is 0 Å². The monoisotopic (exact) mass is 284 g/mol. The number of methoxy groups -OCH3 is 1. The molecule has 2 aromatic rings. The Balaban J connectivity index is 2.44. The number of benzene rings is 1. The molecule has 78 valence electrons. The Morgan fingerprint density at radius 1 is 1.47 bits per heavy atom. The molecule has 1 aromatic carbocycles. The molecule has 0 aliphatic rings. The molecule has 0 radical (unpaired) electrons. The Morgan fingerprint density at radius 3 is 2.87 bits per heavy atom. The third kappa shape index (κ3) is 2.06. The van der Waals surface area contributed by atoms with Gasteiger partial charge in [-0.2, -0.15) is 0 Å². The zero-order valence-corrected chi connectivity index (χ0v) is 10.5. The minimum absolute atomic E-state index is 0.206. The SMILES string of the molecule is COC(=O)Cc1sc2ccccc2c1Br. The second kappa shape index (κ2) is 4.33. The van der Waals surface area contributed by atoms with E-state index < -0.39 is 0 Å². The van der Waals surface area contributed by atoms with Crippen LogP contribution in [0.25, 0.3) is 10.1 Å². The first kappa shape index (κ1) is 10.6. The van der Waals surface area contributed by atoms with Gasteiger partial charge in [-0.05, 0) is 22.0 Å². The van der Waals surface area contributed by atoms with Crippen LogP contribution in [-0.4, -0.2) is 13.1 Å². The standard InChI is InChI=1S/C11H9BrO2S/c1-14-10(13)6-9-11(12)7-4-2-3-5-8(7)15-9/h2-5H,6H2,1H3. The summed E-state index contributed by atoms with van der Waals surface area (Å²) in [5.74, 6) is -0.206. The van der Waals surface area contributed by atoms with Crippen LogP contribution in [-0.2, 0) is 16.0 Å². The van der Waals surface area contributed by atoms with E-state index in [1.807, 2.05) is 24.3 Å². The number of thiophene rings is 1. The molecule has 0 bridgehead atoms. The van der Waals surface area contributed by atoms with Crippen molar-refractivity contribution in [1.29, 1.82) is 0 Å². The number of fused-ring (bicyclic) bond motifs is 1. The van der Waals surface area contributed by atoms with Crippen molar-refractivity contribution in [1.82, 2.24) is 0 Å². The molecular formula is C11H9BrO2S. The van der Waals surface area contributed by atoms with Crippen LogP contribution in [0.5, 0.6) is 0 Å². The van der Waals surface area contributed by atoms with Crippen molar-refractivity contribution in [3.8, 4) is 0 Å². The summed E-state index contributed by atoms with van der Waals surface area (Å²) in [5.41, 5.74) is 0. The quantitative estimate of drug-likeness (QED) is 0.791. The smallest absolute Gasteiger partial charge is 0.310 e. The largest absolute Gasteiger partial charge is 0.469 e. The normalized spacial score (nSPS) is 10.5. The van der Waals surface area contributed by atoms with Crippen molar-refractivity contribution in [2.45, 2.75) is 6.42 Å². The van der Waals surface area contributed by atoms with E-state index in [9.17, 15) is 4.79 Å². The van der Waals surface area contributed by atoms with Gasteiger partial charge in [-0.1, -0.05) is 18.2 Å². The molecule has 0 atom stereocenters. The van der Waals surface area contributed by atoms with Crippen LogP contribution in [0, 0.1) is 0 Å². The second-order valence-corrected chi connectivity index (χ2v) is 5.02. The van der Waals surface area contributed by atoms with E-state index in [1.54, 1.807) is 11.3 Å². The van der Waals surface area contributed by atoms with Gasteiger partial charge in [-0.25, -0.2) is 0 Å². The molecule has 15 heavy (non-hydrogen) atoms. The fraction of sp³-hybridized carbons (Fsp3) is 0.182. The number of hydrogen-bond donors (Lipinski definition) is 0. The first-order valence-corrected chi connectivity index (χ1v) is 6.06. The number of ether oxygens (including phenoxy) is 1. The Morgan fingerprint density at radius 2 is 2.20 bits per heavy atom. The Bertz CT molecular complexity index is 504. The Kier molecular flexibility index (Phi) is 3.07. The van der Waals surface area contributed by atoms with Gasteiger partial charge in [0, 0.05) is 19.4 Å². The molecule has 2 nitrogen and oxygen atoms in total. The van der Waals surface area contributed by atoms with Gasteiger partial charge in [-0.3, -0.25) is 4.79 Å². The van der Waals surface area contributed by atoms with Crippen molar-refractivity contribution in [3.05, 3.63) is 33.6 Å². The molecule has 0 saturated heterocycles. The third-order valence-electron chi connectivity index (χ3n) is 2.13. The zero-order chi connectivity index (χ0) is 10.8. The summed E-state index contributed by atoms with van der Waals surface area (Å²) in [6.07, 6.45) is 0.330. The lowest BCUT2D eigenvalue weighted by Gasteiger charge is -1.96. The zero-order valence-electron chi connectivity index (χ0n) is 8.12. The number of hydrogen-bond acceptors (Lipinski definition) is 3. The lowest BCUT2D eigenvalue weighted by atomic mass is 10.2. The van der Waals surface area contributed by atoms with Crippen LogP contribution in [0.1, 0.15) is 4.88 Å². The molecule has 0 unspecified atom stereocenters. The van der Waals surface area contributed by atoms with E-state index in [-0.39, 0.29) is 5.97 Å². The Hall–Kier alpha value is -0.870. The molecule has 4 heteroatoms. The number of esters is 1. The maximum Gasteiger partial charge on any atom is 0.310 e. The molecule has 1 aromatic heterocycles. The van der Waals surface area contributed by atoms with Gasteiger partial charge in [0.25, 0.3) is 0 Å². The molecule has 0 aliphatic heterocycles. The molecule has 0 N–H and O–H groups in total. The van der Waals surface area contributed by atoms with Crippen molar-refractivity contribution in [2.75, 3.05) is 7.11 Å². The lowest BCUT2D eigenvalue weighted by molar-refractivity contribution is -0.139. The van der Waals surface area contributed by atoms with E-state index in [2.05, 4.69) is 20.7 Å². The summed E-state index contributed by atoms with van der Waals surface area (Å²) >= 11 is 5.13. The highest BCUT2D eigenvalue weighted by Crippen LogP contribution is 2.35. The maximum absolute atomic E-state index is 11.2. The molecule has 2 rings (SSSR count). The van der Waals surface area contributed by atoms with E-state index in [1.165, 1.54) is 11.8 Å². The predicted octanol–water partition coefficient (Wildman–Crippen LogP) is 3.38. The van der Waals surface area contributed by atoms with Gasteiger partial charge in [0.15, 0.2) is 0 Å². The predicted molar refractivity (Wildman–Crippen MR) is 65.2 cm³/mol. The fourth-order valence-electron chi connectivity index (χ4n) is 1.38. The van der Waals surface area contributed by atoms with Gasteiger partial charge < -0.3 is 4.74 Å². The maximum atomic E-state index is 11.2. The molecular weight excluding hydrogens is 276 g/mol. The number of rotatable bonds is 2. The van der Waals surface area contributed by atoms with Crippen molar-refractivity contribution >= 4 is 43.3 Å². The summed E-state index contributed by atoms with van der Waals surface area (Å²) in [4.78, 5) is 12.2. The fourth-order valence-corrected chi connectivity index (χ4v) is 3.32. The first-order valence-electron chi connectivity index (χ1n) is 4.45. The van der Waals surface area contributed by atoms with Gasteiger partial charge in [-0.15, -0.1) is 11.3 Å². The molecule has 0 fully saturated rings. The van der Waals surface area contributed by atoms with Crippen LogP contribution in [0.15, 0.2) is 28.7 Å². The number of carbonyl (C=O) groups excluding carboxylic acids is 1. The summed E-state index contributed by atoms with van der Waals surface area (Å²) in [5, 5.41) is 1.15. The van der Waals surface area contributed by atoms with E-state index in [0.717, 1.165) is 14.7 Å². The van der Waals surface area contributed by atoms with Gasteiger partial charge in [0.1, 0.15) is 0 Å². The van der Waals surface area contributed by atoms with E-state index in [0.29, 0.717) is 6.42 Å². The van der Waals surface area contributed by atoms with Crippen molar-refractivity contribution in [3.63, 3.8) is 0 Å².